The van der Waals surface area contributed by atoms with Crippen LogP contribution in [-0.2, 0) is 4.84 Å². The Morgan fingerprint density at radius 3 is 2.00 bits per heavy atom. The van der Waals surface area contributed by atoms with Crippen molar-refractivity contribution in [1.82, 2.24) is 5.48 Å². The largest absolute Gasteiger partial charge is 0.410 e. The third-order valence-corrected chi connectivity index (χ3v) is 1.94. The van der Waals surface area contributed by atoms with E-state index in [1.54, 1.807) is 39.0 Å². The summed E-state index contributed by atoms with van der Waals surface area (Å²) in [5.41, 5.74) is 1.54. The molecule has 1 rings (SSSR count). The average molecular weight is 247 g/mol. The zero-order valence-electron chi connectivity index (χ0n) is 10.0. The van der Waals surface area contributed by atoms with Gasteiger partial charge in [-0.15, -0.1) is 0 Å². The van der Waals surface area contributed by atoms with Crippen LogP contribution < -0.4 is 5.48 Å². The van der Waals surface area contributed by atoms with Crippen molar-refractivity contribution in [2.45, 2.75) is 38.6 Å². The monoisotopic (exact) mass is 247 g/mol. The van der Waals surface area contributed by atoms with Crippen molar-refractivity contribution >= 4 is 0 Å². The fraction of sp³-hybridized carbons (Fsp3) is 0.500. The van der Waals surface area contributed by atoms with Crippen molar-refractivity contribution in [2.24, 2.45) is 0 Å². The number of nitrogens with one attached hydrogen (secondary N) is 1. The summed E-state index contributed by atoms with van der Waals surface area (Å²) >= 11 is 0. The lowest BCUT2D eigenvalue weighted by atomic mass is 10.1. The van der Waals surface area contributed by atoms with Crippen LogP contribution in [0.2, 0.25) is 0 Å². The minimum atomic E-state index is -4.40. The van der Waals surface area contributed by atoms with Gasteiger partial charge in [-0.25, -0.2) is 0 Å². The minimum Gasteiger partial charge on any atom is -0.295 e. The smallest absolute Gasteiger partial charge is 0.295 e. The topological polar surface area (TPSA) is 21.3 Å². The zero-order chi connectivity index (χ0) is 13.1. The zero-order valence-corrected chi connectivity index (χ0v) is 10.0. The second kappa shape index (κ2) is 5.06. The van der Waals surface area contributed by atoms with Gasteiger partial charge in [0.1, 0.15) is 0 Å². The Balaban J connectivity index is 2.83. The summed E-state index contributed by atoms with van der Waals surface area (Å²) < 4.78 is 38.5. The predicted molar refractivity (Wildman–Crippen MR) is 59.2 cm³/mol. The number of hydroxylamine groups is 1. The summed E-state index contributed by atoms with van der Waals surface area (Å²) in [5, 5.41) is 0. The Hall–Kier alpha value is -1.07. The van der Waals surface area contributed by atoms with E-state index in [1.807, 2.05) is 0 Å². The predicted octanol–water partition coefficient (Wildman–Crippen LogP) is 3.61. The van der Waals surface area contributed by atoms with Gasteiger partial charge in [0.25, 0.3) is 0 Å². The summed E-state index contributed by atoms with van der Waals surface area (Å²) in [4.78, 5) is 5.00. The van der Waals surface area contributed by atoms with Gasteiger partial charge in [-0.2, -0.15) is 18.7 Å². The quantitative estimate of drug-likeness (QED) is 0.824. The van der Waals surface area contributed by atoms with Crippen LogP contribution in [0.3, 0.4) is 0 Å². The molecule has 2 nitrogen and oxygen atoms in total. The molecule has 1 atom stereocenters. The summed E-state index contributed by atoms with van der Waals surface area (Å²) in [6.07, 6.45) is -4.40. The third-order valence-electron chi connectivity index (χ3n) is 1.94. The molecule has 0 amide bonds. The lowest BCUT2D eigenvalue weighted by Crippen LogP contribution is -2.39. The molecule has 0 saturated heterocycles. The van der Waals surface area contributed by atoms with Gasteiger partial charge < -0.3 is 0 Å². The lowest BCUT2D eigenvalue weighted by molar-refractivity contribution is -0.205. The Labute approximate surface area is 98.7 Å². The van der Waals surface area contributed by atoms with E-state index in [0.29, 0.717) is 0 Å². The summed E-state index contributed by atoms with van der Waals surface area (Å²) in [7, 11) is 0. The Morgan fingerprint density at radius 2 is 1.59 bits per heavy atom. The van der Waals surface area contributed by atoms with Gasteiger partial charge in [-0.05, 0) is 26.3 Å². The van der Waals surface area contributed by atoms with E-state index in [0.717, 1.165) is 0 Å². The summed E-state index contributed by atoms with van der Waals surface area (Å²) in [6.45, 7) is 5.04. The lowest BCUT2D eigenvalue weighted by Gasteiger charge is -2.26. The number of alkyl halides is 3. The normalized spacial score (nSPS) is 14.7. The molecule has 0 bridgehead atoms. The Morgan fingerprint density at radius 1 is 1.06 bits per heavy atom. The third kappa shape index (κ3) is 4.75. The molecule has 0 saturated carbocycles. The van der Waals surface area contributed by atoms with E-state index in [1.165, 1.54) is 12.1 Å². The highest BCUT2D eigenvalue weighted by molar-refractivity contribution is 5.19. The molecule has 1 aromatic carbocycles. The molecule has 0 spiro atoms. The van der Waals surface area contributed by atoms with Gasteiger partial charge in [0, 0.05) is 0 Å². The van der Waals surface area contributed by atoms with Crippen molar-refractivity contribution in [1.29, 1.82) is 0 Å². The number of hydrogen-bond acceptors (Lipinski definition) is 2. The van der Waals surface area contributed by atoms with Crippen molar-refractivity contribution in [2.75, 3.05) is 0 Å². The molecular weight excluding hydrogens is 231 g/mol. The van der Waals surface area contributed by atoms with Crippen LogP contribution in [0.15, 0.2) is 30.3 Å². The Bertz CT molecular complexity index is 343. The second-order valence-electron chi connectivity index (χ2n) is 4.72. The van der Waals surface area contributed by atoms with Gasteiger partial charge in [0.15, 0.2) is 6.04 Å². The molecule has 96 valence electrons. The first kappa shape index (κ1) is 14.0. The highest BCUT2D eigenvalue weighted by Gasteiger charge is 2.41. The molecule has 0 aliphatic carbocycles. The number of hydrogen-bond donors (Lipinski definition) is 1. The highest BCUT2D eigenvalue weighted by atomic mass is 19.4. The molecule has 17 heavy (non-hydrogen) atoms. The van der Waals surface area contributed by atoms with Crippen molar-refractivity contribution in [3.05, 3.63) is 35.9 Å². The summed E-state index contributed by atoms with van der Waals surface area (Å²) in [5.74, 6) is 0. The molecule has 5 heteroatoms. The fourth-order valence-electron chi connectivity index (χ4n) is 1.21. The maximum absolute atomic E-state index is 12.8. The van der Waals surface area contributed by atoms with Gasteiger partial charge in [0.2, 0.25) is 0 Å². The standard InChI is InChI=1S/C12H16F3NO/c1-11(2,3)17-16-10(12(13,14)15)9-7-5-4-6-8-9/h4-8,10,16H,1-3H3. The maximum atomic E-state index is 12.8. The number of halogens is 3. The van der Waals surface area contributed by atoms with E-state index in [4.69, 9.17) is 4.84 Å². The molecule has 0 aliphatic heterocycles. The van der Waals surface area contributed by atoms with Crippen LogP contribution in [0.25, 0.3) is 0 Å². The molecule has 0 fully saturated rings. The van der Waals surface area contributed by atoms with Gasteiger partial charge in [-0.1, -0.05) is 30.3 Å². The number of benzene rings is 1. The first-order valence-corrected chi connectivity index (χ1v) is 5.25. The van der Waals surface area contributed by atoms with E-state index in [2.05, 4.69) is 5.48 Å². The Kier molecular flexibility index (Phi) is 4.16. The highest BCUT2D eigenvalue weighted by Crippen LogP contribution is 2.32. The molecule has 0 heterocycles. The SMILES string of the molecule is CC(C)(C)ONC(c1ccccc1)C(F)(F)F. The van der Waals surface area contributed by atoms with E-state index in [9.17, 15) is 13.2 Å². The van der Waals surface area contributed by atoms with Crippen molar-refractivity contribution in [3.63, 3.8) is 0 Å². The minimum absolute atomic E-state index is 0.129. The van der Waals surface area contributed by atoms with Crippen LogP contribution in [0.4, 0.5) is 13.2 Å². The molecule has 0 radical (unpaired) electrons. The second-order valence-corrected chi connectivity index (χ2v) is 4.72. The molecule has 0 aliphatic rings. The fourth-order valence-corrected chi connectivity index (χ4v) is 1.21. The van der Waals surface area contributed by atoms with Crippen molar-refractivity contribution in [3.8, 4) is 0 Å². The maximum Gasteiger partial charge on any atom is 0.410 e. The number of rotatable bonds is 3. The van der Waals surface area contributed by atoms with Gasteiger partial charge >= 0.3 is 6.18 Å². The van der Waals surface area contributed by atoms with Crippen LogP contribution in [-0.4, -0.2) is 11.8 Å². The average Bonchev–Trinajstić information content (AvgIpc) is 2.15. The van der Waals surface area contributed by atoms with Crippen LogP contribution in [0.5, 0.6) is 0 Å². The molecule has 1 N–H and O–H groups in total. The van der Waals surface area contributed by atoms with Crippen LogP contribution in [0, 0.1) is 0 Å². The van der Waals surface area contributed by atoms with Crippen LogP contribution >= 0.6 is 0 Å². The van der Waals surface area contributed by atoms with Crippen molar-refractivity contribution < 1.29 is 18.0 Å². The summed E-state index contributed by atoms with van der Waals surface area (Å²) in [6, 6.07) is 5.80. The van der Waals surface area contributed by atoms with E-state index >= 15 is 0 Å². The van der Waals surface area contributed by atoms with Gasteiger partial charge in [-0.3, -0.25) is 4.84 Å². The molecule has 0 aromatic heterocycles. The van der Waals surface area contributed by atoms with Gasteiger partial charge in [0.05, 0.1) is 5.60 Å². The molecular formula is C12H16F3NO. The molecule has 1 aromatic rings. The first-order valence-electron chi connectivity index (χ1n) is 5.25. The molecule has 1 unspecified atom stereocenters. The first-order chi connectivity index (χ1) is 7.70. The van der Waals surface area contributed by atoms with E-state index in [-0.39, 0.29) is 5.56 Å². The van der Waals surface area contributed by atoms with E-state index < -0.39 is 17.8 Å². The van der Waals surface area contributed by atoms with Crippen LogP contribution in [0.1, 0.15) is 32.4 Å².